The third kappa shape index (κ3) is 4.02. The van der Waals surface area contributed by atoms with E-state index in [4.69, 9.17) is 9.26 Å². The molecule has 2 aromatic carbocycles. The Hall–Kier alpha value is -3.13. The van der Waals surface area contributed by atoms with Gasteiger partial charge in [-0.25, -0.2) is 8.42 Å². The Labute approximate surface area is 186 Å². The fourth-order valence-electron chi connectivity index (χ4n) is 4.36. The zero-order valence-electron chi connectivity index (χ0n) is 17.8. The van der Waals surface area contributed by atoms with E-state index in [1.54, 1.807) is 12.1 Å². The van der Waals surface area contributed by atoms with Crippen LogP contribution in [0, 0.1) is 0 Å². The van der Waals surface area contributed by atoms with Gasteiger partial charge >= 0.3 is 0 Å². The number of hydrogen-bond acceptors (Lipinski definition) is 6. The average Bonchev–Trinajstić information content (AvgIpc) is 3.40. The first kappa shape index (κ1) is 20.8. The molecule has 1 unspecified atom stereocenters. The summed E-state index contributed by atoms with van der Waals surface area (Å²) in [6, 6.07) is 12.8. The fourth-order valence-corrected chi connectivity index (χ4v) is 4.99. The second-order valence-corrected chi connectivity index (χ2v) is 10.4. The summed E-state index contributed by atoms with van der Waals surface area (Å²) in [5.41, 5.74) is 4.84. The van der Waals surface area contributed by atoms with Gasteiger partial charge in [0, 0.05) is 18.2 Å². The molecule has 0 bridgehead atoms. The minimum absolute atomic E-state index is 0.157. The first-order chi connectivity index (χ1) is 15.4. The van der Waals surface area contributed by atoms with Gasteiger partial charge in [-0.2, -0.15) is 0 Å². The number of aryl methyl sites for hydroxylation is 1. The normalized spacial score (nSPS) is 17.3. The highest BCUT2D eigenvalue weighted by atomic mass is 32.2. The van der Waals surface area contributed by atoms with Crippen LogP contribution < -0.4 is 10.1 Å². The van der Waals surface area contributed by atoms with Crippen molar-refractivity contribution in [3.8, 4) is 16.9 Å². The molecule has 5 rings (SSSR count). The topological polar surface area (TPSA) is 98.5 Å². The number of nitrogens with one attached hydrogen (secondary N) is 1. The lowest BCUT2D eigenvalue weighted by Gasteiger charge is -2.12. The van der Waals surface area contributed by atoms with E-state index in [9.17, 15) is 13.2 Å². The number of ether oxygens (including phenoxy) is 1. The number of benzene rings is 2. The standard InChI is InChI=1S/C24H24N2O5S/c1-32(28,29)19-9-6-15(7-10-19)16-8-11-22-17(12-16)13-18(30-22)14-25-24(27)23-20-4-2-3-5-21(20)26-31-23/h6-12,18H,2-5,13-14H2,1H3,(H,25,27). The smallest absolute Gasteiger partial charge is 0.290 e. The molecule has 1 aliphatic heterocycles. The monoisotopic (exact) mass is 452 g/mol. The van der Waals surface area contributed by atoms with E-state index >= 15 is 0 Å². The number of aromatic nitrogens is 1. The van der Waals surface area contributed by atoms with E-state index in [2.05, 4.69) is 16.5 Å². The molecule has 2 heterocycles. The van der Waals surface area contributed by atoms with Crippen LogP contribution in [0.2, 0.25) is 0 Å². The summed E-state index contributed by atoms with van der Waals surface area (Å²) in [5, 5.41) is 6.97. The van der Waals surface area contributed by atoms with E-state index in [0.717, 1.165) is 59.4 Å². The zero-order chi connectivity index (χ0) is 22.3. The van der Waals surface area contributed by atoms with Crippen LogP contribution in [0.25, 0.3) is 11.1 Å². The highest BCUT2D eigenvalue weighted by Crippen LogP contribution is 2.33. The predicted molar refractivity (Wildman–Crippen MR) is 119 cm³/mol. The Kier molecular flexibility index (Phi) is 5.25. The highest BCUT2D eigenvalue weighted by molar-refractivity contribution is 7.90. The quantitative estimate of drug-likeness (QED) is 0.637. The molecule has 1 amide bonds. The van der Waals surface area contributed by atoms with Gasteiger partial charge in [0.15, 0.2) is 9.84 Å². The maximum atomic E-state index is 12.6. The van der Waals surface area contributed by atoms with Crippen molar-refractivity contribution in [2.45, 2.75) is 43.1 Å². The first-order valence-electron chi connectivity index (χ1n) is 10.7. The Bertz CT molecular complexity index is 1280. The van der Waals surface area contributed by atoms with Crippen molar-refractivity contribution in [3.05, 3.63) is 65.0 Å². The molecule has 7 nitrogen and oxygen atoms in total. The number of nitrogens with zero attached hydrogens (tertiary/aromatic N) is 1. The number of hydrogen-bond donors (Lipinski definition) is 1. The molecule has 3 aromatic rings. The average molecular weight is 453 g/mol. The lowest BCUT2D eigenvalue weighted by Crippen LogP contribution is -2.34. The summed E-state index contributed by atoms with van der Waals surface area (Å²) in [6.07, 6.45) is 5.56. The lowest BCUT2D eigenvalue weighted by atomic mass is 9.96. The number of amides is 1. The minimum atomic E-state index is -3.22. The largest absolute Gasteiger partial charge is 0.488 e. The van der Waals surface area contributed by atoms with E-state index in [-0.39, 0.29) is 12.0 Å². The van der Waals surface area contributed by atoms with Crippen molar-refractivity contribution < 1.29 is 22.5 Å². The third-order valence-corrected chi connectivity index (χ3v) is 7.20. The van der Waals surface area contributed by atoms with Crippen LogP contribution in [0.5, 0.6) is 5.75 Å². The summed E-state index contributed by atoms with van der Waals surface area (Å²) in [4.78, 5) is 12.9. The summed E-state index contributed by atoms with van der Waals surface area (Å²) in [7, 11) is -3.22. The summed E-state index contributed by atoms with van der Waals surface area (Å²) < 4.78 is 34.7. The summed E-state index contributed by atoms with van der Waals surface area (Å²) in [6.45, 7) is 0.376. The Balaban J connectivity index is 1.24. The molecule has 1 aromatic heterocycles. The molecule has 1 atom stereocenters. The molecule has 0 radical (unpaired) electrons. The first-order valence-corrected chi connectivity index (χ1v) is 12.6. The van der Waals surface area contributed by atoms with Crippen molar-refractivity contribution in [2.24, 2.45) is 0 Å². The molecule has 1 aliphatic carbocycles. The fraction of sp³-hybridized carbons (Fsp3) is 0.333. The van der Waals surface area contributed by atoms with Crippen LogP contribution in [-0.2, 0) is 29.1 Å². The number of rotatable bonds is 5. The second-order valence-electron chi connectivity index (χ2n) is 8.42. The van der Waals surface area contributed by atoms with Gasteiger partial charge in [-0.3, -0.25) is 4.79 Å². The molecule has 0 saturated carbocycles. The molecule has 0 fully saturated rings. The van der Waals surface area contributed by atoms with Gasteiger partial charge in [0.05, 0.1) is 17.1 Å². The van der Waals surface area contributed by atoms with E-state index in [0.29, 0.717) is 23.6 Å². The molecule has 0 saturated heterocycles. The Morgan fingerprint density at radius 2 is 1.84 bits per heavy atom. The van der Waals surface area contributed by atoms with Gasteiger partial charge in [0.1, 0.15) is 11.9 Å². The molecule has 32 heavy (non-hydrogen) atoms. The van der Waals surface area contributed by atoms with Gasteiger partial charge in [0.25, 0.3) is 5.91 Å². The second kappa shape index (κ2) is 8.09. The SMILES string of the molecule is CS(=O)(=O)c1ccc(-c2ccc3c(c2)CC(CNC(=O)c2onc4c2CCCC4)O3)cc1. The summed E-state index contributed by atoms with van der Waals surface area (Å²) >= 11 is 0. The van der Waals surface area contributed by atoms with Gasteiger partial charge in [-0.1, -0.05) is 23.4 Å². The van der Waals surface area contributed by atoms with Gasteiger partial charge < -0.3 is 14.6 Å². The van der Waals surface area contributed by atoms with Gasteiger partial charge in [0.2, 0.25) is 5.76 Å². The zero-order valence-corrected chi connectivity index (χ0v) is 18.6. The van der Waals surface area contributed by atoms with E-state index in [1.165, 1.54) is 6.26 Å². The predicted octanol–water partition coefficient (Wildman–Crippen LogP) is 3.36. The highest BCUT2D eigenvalue weighted by Gasteiger charge is 2.27. The van der Waals surface area contributed by atoms with Crippen molar-refractivity contribution in [1.82, 2.24) is 10.5 Å². The summed E-state index contributed by atoms with van der Waals surface area (Å²) in [5.74, 6) is 0.889. The molecule has 166 valence electrons. The molecule has 1 N–H and O–H groups in total. The molecule has 8 heteroatoms. The van der Waals surface area contributed by atoms with Gasteiger partial charge in [-0.05, 0) is 66.6 Å². The molecule has 2 aliphatic rings. The van der Waals surface area contributed by atoms with Crippen LogP contribution >= 0.6 is 0 Å². The maximum Gasteiger partial charge on any atom is 0.290 e. The van der Waals surface area contributed by atoms with Gasteiger partial charge in [-0.15, -0.1) is 0 Å². The Morgan fingerprint density at radius 3 is 2.62 bits per heavy atom. The Morgan fingerprint density at radius 1 is 1.09 bits per heavy atom. The van der Waals surface area contributed by atoms with E-state index < -0.39 is 9.84 Å². The third-order valence-electron chi connectivity index (χ3n) is 6.07. The number of carbonyl (C=O) groups excluding carboxylic acids is 1. The van der Waals surface area contributed by atoms with E-state index in [1.807, 2.05) is 24.3 Å². The lowest BCUT2D eigenvalue weighted by molar-refractivity contribution is 0.0895. The van der Waals surface area contributed by atoms with Crippen molar-refractivity contribution in [2.75, 3.05) is 12.8 Å². The number of fused-ring (bicyclic) bond motifs is 2. The number of sulfone groups is 1. The van der Waals surface area contributed by atoms with Crippen molar-refractivity contribution in [1.29, 1.82) is 0 Å². The van der Waals surface area contributed by atoms with Crippen LogP contribution in [0.1, 0.15) is 40.2 Å². The minimum Gasteiger partial charge on any atom is -0.488 e. The van der Waals surface area contributed by atoms with Crippen molar-refractivity contribution in [3.63, 3.8) is 0 Å². The van der Waals surface area contributed by atoms with Crippen LogP contribution in [0.4, 0.5) is 0 Å². The molecular weight excluding hydrogens is 428 g/mol. The van der Waals surface area contributed by atoms with Crippen LogP contribution in [0.15, 0.2) is 51.9 Å². The van der Waals surface area contributed by atoms with Crippen LogP contribution in [-0.4, -0.2) is 38.4 Å². The van der Waals surface area contributed by atoms with Crippen molar-refractivity contribution >= 4 is 15.7 Å². The molecule has 0 spiro atoms. The number of carbonyl (C=O) groups is 1. The maximum absolute atomic E-state index is 12.6. The van der Waals surface area contributed by atoms with Crippen LogP contribution in [0.3, 0.4) is 0 Å². The molecular formula is C24H24N2O5S.